The van der Waals surface area contributed by atoms with E-state index in [-0.39, 0.29) is 5.91 Å². The first-order chi connectivity index (χ1) is 18.2. The van der Waals surface area contributed by atoms with Gasteiger partial charge in [0, 0.05) is 63.5 Å². The number of aromatic nitrogens is 2. The van der Waals surface area contributed by atoms with Crippen molar-refractivity contribution in [3.05, 3.63) is 77.5 Å². The van der Waals surface area contributed by atoms with Crippen LogP contribution < -0.4 is 14.7 Å². The molecule has 2 aromatic carbocycles. The van der Waals surface area contributed by atoms with Gasteiger partial charge in [-0.15, -0.1) is 0 Å². The summed E-state index contributed by atoms with van der Waals surface area (Å²) in [7, 11) is 0. The number of rotatable bonds is 5. The molecule has 3 aromatic rings. The molecule has 3 aliphatic heterocycles. The molecule has 0 aliphatic carbocycles. The number of amides is 1. The van der Waals surface area contributed by atoms with E-state index in [0.29, 0.717) is 13.0 Å². The molecule has 37 heavy (non-hydrogen) atoms. The molecule has 7 nitrogen and oxygen atoms in total. The van der Waals surface area contributed by atoms with Crippen molar-refractivity contribution in [2.45, 2.75) is 38.6 Å². The lowest BCUT2D eigenvalue weighted by molar-refractivity contribution is -0.131. The Morgan fingerprint density at radius 3 is 2.11 bits per heavy atom. The molecule has 0 bridgehead atoms. The fraction of sp³-hybridized carbons (Fsp3) is 0.433. The maximum Gasteiger partial charge on any atom is 0.227 e. The van der Waals surface area contributed by atoms with Crippen LogP contribution in [-0.4, -0.2) is 66.6 Å². The van der Waals surface area contributed by atoms with Crippen LogP contribution in [0, 0.1) is 0 Å². The average molecular weight is 497 g/mol. The van der Waals surface area contributed by atoms with E-state index < -0.39 is 0 Å². The summed E-state index contributed by atoms with van der Waals surface area (Å²) in [5.74, 6) is 2.10. The standard InChI is InChI=1S/C30H36N6O/c37-28(22-24-10-4-1-5-11-24)36-17-14-27-26(23-36)29(34-15-8-3-9-16-34)32-30(31-27)35-20-18-33(19-21-35)25-12-6-2-7-13-25/h1-2,4-7,10-13H,3,8-9,14-23H2. The van der Waals surface area contributed by atoms with Gasteiger partial charge in [0.1, 0.15) is 5.82 Å². The lowest BCUT2D eigenvalue weighted by atomic mass is 10.0. The van der Waals surface area contributed by atoms with Gasteiger partial charge < -0.3 is 19.6 Å². The van der Waals surface area contributed by atoms with Crippen molar-refractivity contribution >= 4 is 23.4 Å². The number of anilines is 3. The number of carbonyl (C=O) groups is 1. The molecular weight excluding hydrogens is 460 g/mol. The molecule has 0 spiro atoms. The van der Waals surface area contributed by atoms with Gasteiger partial charge >= 0.3 is 0 Å². The van der Waals surface area contributed by atoms with E-state index in [4.69, 9.17) is 9.97 Å². The summed E-state index contributed by atoms with van der Waals surface area (Å²) < 4.78 is 0. The highest BCUT2D eigenvalue weighted by Crippen LogP contribution is 2.31. The Hall–Kier alpha value is -3.61. The smallest absolute Gasteiger partial charge is 0.227 e. The molecule has 2 fully saturated rings. The maximum atomic E-state index is 13.2. The zero-order chi connectivity index (χ0) is 25.0. The van der Waals surface area contributed by atoms with Crippen molar-refractivity contribution in [2.75, 3.05) is 60.5 Å². The van der Waals surface area contributed by atoms with Crippen molar-refractivity contribution in [3.63, 3.8) is 0 Å². The summed E-state index contributed by atoms with van der Waals surface area (Å²) in [4.78, 5) is 32.7. The molecule has 0 atom stereocenters. The van der Waals surface area contributed by atoms with Crippen molar-refractivity contribution in [1.29, 1.82) is 0 Å². The second-order valence-corrected chi connectivity index (χ2v) is 10.4. The lowest BCUT2D eigenvalue weighted by Crippen LogP contribution is -2.47. The number of fused-ring (bicyclic) bond motifs is 1. The summed E-state index contributed by atoms with van der Waals surface area (Å²) in [6.07, 6.45) is 4.90. The van der Waals surface area contributed by atoms with Crippen molar-refractivity contribution in [3.8, 4) is 0 Å². The molecule has 192 valence electrons. The molecular formula is C30H36N6O. The quantitative estimate of drug-likeness (QED) is 0.534. The Bertz CT molecular complexity index is 1200. The molecule has 0 unspecified atom stereocenters. The Morgan fingerprint density at radius 2 is 1.38 bits per heavy atom. The molecule has 3 aliphatic rings. The van der Waals surface area contributed by atoms with Crippen LogP contribution in [0.4, 0.5) is 17.5 Å². The minimum absolute atomic E-state index is 0.183. The average Bonchev–Trinajstić information content (AvgIpc) is 2.98. The summed E-state index contributed by atoms with van der Waals surface area (Å²) in [6.45, 7) is 7.14. The third kappa shape index (κ3) is 5.26. The van der Waals surface area contributed by atoms with Gasteiger partial charge in [-0.05, 0) is 37.0 Å². The number of benzene rings is 2. The molecule has 0 N–H and O–H groups in total. The summed E-state index contributed by atoms with van der Waals surface area (Å²) in [5, 5.41) is 0. The van der Waals surface area contributed by atoms with E-state index in [1.807, 2.05) is 35.2 Å². The lowest BCUT2D eigenvalue weighted by Gasteiger charge is -2.38. The fourth-order valence-electron chi connectivity index (χ4n) is 5.79. The maximum absolute atomic E-state index is 13.2. The van der Waals surface area contributed by atoms with Crippen molar-refractivity contribution in [2.24, 2.45) is 0 Å². The highest BCUT2D eigenvalue weighted by Gasteiger charge is 2.30. The van der Waals surface area contributed by atoms with Gasteiger partial charge in [0.05, 0.1) is 18.7 Å². The highest BCUT2D eigenvalue weighted by molar-refractivity contribution is 5.79. The SMILES string of the molecule is O=C(Cc1ccccc1)N1CCc2nc(N3CCN(c4ccccc4)CC3)nc(N3CCCCC3)c2C1. The number of hydrogen-bond acceptors (Lipinski definition) is 6. The van der Waals surface area contributed by atoms with Crippen LogP contribution in [0.5, 0.6) is 0 Å². The third-order valence-electron chi connectivity index (χ3n) is 7.92. The van der Waals surface area contributed by atoms with Gasteiger partial charge in [-0.2, -0.15) is 4.98 Å². The summed E-state index contributed by atoms with van der Waals surface area (Å²) in [6, 6.07) is 20.7. The molecule has 0 radical (unpaired) electrons. The molecule has 7 heteroatoms. The zero-order valence-electron chi connectivity index (χ0n) is 21.6. The largest absolute Gasteiger partial charge is 0.368 e. The summed E-state index contributed by atoms with van der Waals surface area (Å²) in [5.41, 5.74) is 4.62. The van der Waals surface area contributed by atoms with E-state index >= 15 is 0 Å². The molecule has 2 saturated heterocycles. The van der Waals surface area contributed by atoms with Crippen LogP contribution in [0.1, 0.15) is 36.1 Å². The number of hydrogen-bond donors (Lipinski definition) is 0. The topological polar surface area (TPSA) is 55.8 Å². The van der Waals surface area contributed by atoms with Crippen LogP contribution in [0.15, 0.2) is 60.7 Å². The first-order valence-electron chi connectivity index (χ1n) is 13.8. The van der Waals surface area contributed by atoms with Gasteiger partial charge in [0.25, 0.3) is 0 Å². The van der Waals surface area contributed by atoms with Gasteiger partial charge in [-0.25, -0.2) is 4.98 Å². The normalized spacial score (nSPS) is 18.1. The monoisotopic (exact) mass is 496 g/mol. The predicted octanol–water partition coefficient (Wildman–Crippen LogP) is 3.92. The zero-order valence-corrected chi connectivity index (χ0v) is 21.6. The van der Waals surface area contributed by atoms with E-state index in [2.05, 4.69) is 45.0 Å². The first kappa shape index (κ1) is 23.8. The first-order valence-corrected chi connectivity index (χ1v) is 13.8. The van der Waals surface area contributed by atoms with Crippen LogP contribution in [0.3, 0.4) is 0 Å². The van der Waals surface area contributed by atoms with E-state index in [1.165, 1.54) is 24.9 Å². The van der Waals surface area contributed by atoms with Crippen LogP contribution in [-0.2, 0) is 24.2 Å². The number of carbonyl (C=O) groups excluding carboxylic acids is 1. The molecule has 6 rings (SSSR count). The minimum Gasteiger partial charge on any atom is -0.368 e. The van der Waals surface area contributed by atoms with Crippen molar-refractivity contribution < 1.29 is 4.79 Å². The van der Waals surface area contributed by atoms with Gasteiger partial charge in [0.15, 0.2) is 0 Å². The molecule has 1 amide bonds. The Balaban J connectivity index is 1.22. The number of piperazine rings is 1. The van der Waals surface area contributed by atoms with Crippen LogP contribution in [0.2, 0.25) is 0 Å². The predicted molar refractivity (Wildman–Crippen MR) is 148 cm³/mol. The Kier molecular flexibility index (Phi) is 6.93. The van der Waals surface area contributed by atoms with Gasteiger partial charge in [-0.3, -0.25) is 4.79 Å². The van der Waals surface area contributed by atoms with Gasteiger partial charge in [-0.1, -0.05) is 48.5 Å². The van der Waals surface area contributed by atoms with E-state index in [0.717, 1.165) is 80.8 Å². The molecule has 4 heterocycles. The number of para-hydroxylation sites is 1. The molecule has 1 aromatic heterocycles. The summed E-state index contributed by atoms with van der Waals surface area (Å²) >= 11 is 0. The second-order valence-electron chi connectivity index (χ2n) is 10.4. The number of nitrogens with zero attached hydrogens (tertiary/aromatic N) is 6. The Morgan fingerprint density at radius 1 is 0.703 bits per heavy atom. The third-order valence-corrected chi connectivity index (χ3v) is 7.92. The van der Waals surface area contributed by atoms with E-state index in [9.17, 15) is 4.79 Å². The van der Waals surface area contributed by atoms with Crippen LogP contribution >= 0.6 is 0 Å². The van der Waals surface area contributed by atoms with E-state index in [1.54, 1.807) is 0 Å². The molecule has 0 saturated carbocycles. The highest BCUT2D eigenvalue weighted by atomic mass is 16.2. The Labute approximate surface area is 219 Å². The van der Waals surface area contributed by atoms with Crippen LogP contribution in [0.25, 0.3) is 0 Å². The second kappa shape index (κ2) is 10.8. The minimum atomic E-state index is 0.183. The number of piperidine rings is 1. The van der Waals surface area contributed by atoms with Crippen molar-refractivity contribution in [1.82, 2.24) is 14.9 Å². The van der Waals surface area contributed by atoms with Gasteiger partial charge in [0.2, 0.25) is 11.9 Å². The fourth-order valence-corrected chi connectivity index (χ4v) is 5.79.